The van der Waals surface area contributed by atoms with Gasteiger partial charge in [-0.15, -0.1) is 11.3 Å². The van der Waals surface area contributed by atoms with E-state index in [0.717, 1.165) is 23.5 Å². The van der Waals surface area contributed by atoms with Gasteiger partial charge in [0.05, 0.1) is 17.2 Å². The number of nitrogens with one attached hydrogen (secondary N) is 2. The molecule has 8 heteroatoms. The van der Waals surface area contributed by atoms with Crippen molar-refractivity contribution in [3.63, 3.8) is 0 Å². The third-order valence-corrected chi connectivity index (χ3v) is 5.40. The lowest BCUT2D eigenvalue weighted by Gasteiger charge is -2.14. The first-order valence-electron chi connectivity index (χ1n) is 9.13. The molecule has 1 unspecified atom stereocenters. The topological polar surface area (TPSA) is 74.5 Å². The van der Waals surface area contributed by atoms with Crippen LogP contribution >= 0.6 is 22.9 Å². The summed E-state index contributed by atoms with van der Waals surface area (Å²) in [5.74, 6) is 0.671. The first-order valence-corrected chi connectivity index (χ1v) is 10.3. The van der Waals surface area contributed by atoms with Crippen molar-refractivity contribution in [1.29, 1.82) is 0 Å². The van der Waals surface area contributed by atoms with Crippen LogP contribution in [0.4, 0.5) is 0 Å². The van der Waals surface area contributed by atoms with E-state index in [1.807, 2.05) is 36.1 Å². The van der Waals surface area contributed by atoms with Gasteiger partial charge in [0.1, 0.15) is 6.10 Å². The first-order chi connectivity index (χ1) is 13.6. The van der Waals surface area contributed by atoms with Crippen molar-refractivity contribution in [2.45, 2.75) is 26.1 Å². The van der Waals surface area contributed by atoms with E-state index in [-0.39, 0.29) is 0 Å². The van der Waals surface area contributed by atoms with Crippen LogP contribution in [0.5, 0.6) is 0 Å². The zero-order valence-corrected chi connectivity index (χ0v) is 17.2. The van der Waals surface area contributed by atoms with Crippen LogP contribution in [0, 0.1) is 0 Å². The normalized spacial score (nSPS) is 12.8. The van der Waals surface area contributed by atoms with Gasteiger partial charge in [0.25, 0.3) is 0 Å². The summed E-state index contributed by atoms with van der Waals surface area (Å²) in [6, 6.07) is 12.0. The van der Waals surface area contributed by atoms with Gasteiger partial charge in [-0.3, -0.25) is 0 Å². The van der Waals surface area contributed by atoms with E-state index in [1.54, 1.807) is 12.3 Å². The summed E-state index contributed by atoms with van der Waals surface area (Å²) >= 11 is 7.32. The van der Waals surface area contributed by atoms with Crippen LogP contribution in [0.25, 0.3) is 0 Å². The monoisotopic (exact) mass is 417 g/mol. The predicted octanol–water partition coefficient (Wildman–Crippen LogP) is 3.44. The number of nitrogens with zero attached hydrogens (tertiary/aromatic N) is 3. The van der Waals surface area contributed by atoms with Gasteiger partial charge < -0.3 is 20.3 Å². The molecular formula is C20H24ClN5OS. The Kier molecular flexibility index (Phi) is 7.47. The fraction of sp³-hybridized carbons (Fsp3) is 0.300. The van der Waals surface area contributed by atoms with Crippen molar-refractivity contribution in [2.24, 2.45) is 4.99 Å². The van der Waals surface area contributed by atoms with E-state index >= 15 is 0 Å². The molecule has 1 atom stereocenters. The van der Waals surface area contributed by atoms with Gasteiger partial charge >= 0.3 is 0 Å². The minimum Gasteiger partial charge on any atom is -0.386 e. The standard InChI is InChI=1S/C20H24ClN5OS/c1-2-23-20(25-12-17(27)18-6-7-19(21)28-18)24-11-15-4-3-5-16(10-15)13-26-9-8-22-14-26/h3-10,14,17,27H,2,11-13H2,1H3,(H2,23,24,25). The molecule has 0 spiro atoms. The molecule has 0 aliphatic carbocycles. The smallest absolute Gasteiger partial charge is 0.191 e. The molecule has 0 bridgehead atoms. The van der Waals surface area contributed by atoms with Crippen molar-refractivity contribution < 1.29 is 5.11 Å². The summed E-state index contributed by atoms with van der Waals surface area (Å²) in [4.78, 5) is 9.54. The van der Waals surface area contributed by atoms with Crippen LogP contribution in [-0.2, 0) is 13.1 Å². The zero-order chi connectivity index (χ0) is 19.8. The maximum atomic E-state index is 10.3. The lowest BCUT2D eigenvalue weighted by molar-refractivity contribution is 0.184. The molecule has 6 nitrogen and oxygen atoms in total. The minimum atomic E-state index is -0.625. The molecule has 2 heterocycles. The molecule has 3 aromatic rings. The average Bonchev–Trinajstić information content (AvgIpc) is 3.36. The molecule has 0 fully saturated rings. The lowest BCUT2D eigenvalue weighted by Crippen LogP contribution is -2.39. The molecule has 0 amide bonds. The number of aliphatic hydroxyl groups is 1. The molecule has 0 radical (unpaired) electrons. The summed E-state index contributed by atoms with van der Waals surface area (Å²) < 4.78 is 2.71. The highest BCUT2D eigenvalue weighted by Gasteiger charge is 2.11. The highest BCUT2D eigenvalue weighted by molar-refractivity contribution is 7.16. The van der Waals surface area contributed by atoms with Crippen LogP contribution in [-0.4, -0.2) is 33.7 Å². The fourth-order valence-corrected chi connectivity index (χ4v) is 3.78. The molecular weight excluding hydrogens is 394 g/mol. The van der Waals surface area contributed by atoms with Gasteiger partial charge in [-0.25, -0.2) is 9.98 Å². The Balaban J connectivity index is 1.59. The second-order valence-corrected chi connectivity index (χ2v) is 8.04. The Morgan fingerprint density at radius 3 is 2.86 bits per heavy atom. The number of aliphatic hydroxyl groups excluding tert-OH is 1. The number of guanidine groups is 1. The molecule has 1 aromatic carbocycles. The van der Waals surface area contributed by atoms with Crippen molar-refractivity contribution in [3.8, 4) is 0 Å². The fourth-order valence-electron chi connectivity index (χ4n) is 2.73. The van der Waals surface area contributed by atoms with E-state index in [9.17, 15) is 5.11 Å². The highest BCUT2D eigenvalue weighted by Crippen LogP contribution is 2.26. The predicted molar refractivity (Wildman–Crippen MR) is 115 cm³/mol. The third kappa shape index (κ3) is 6.09. The molecule has 0 aliphatic rings. The summed E-state index contributed by atoms with van der Waals surface area (Å²) in [5.41, 5.74) is 2.33. The van der Waals surface area contributed by atoms with Crippen LogP contribution in [0.2, 0.25) is 4.34 Å². The Hall–Kier alpha value is -2.35. The average molecular weight is 418 g/mol. The summed E-state index contributed by atoms with van der Waals surface area (Å²) in [6.45, 7) is 4.45. The molecule has 3 N–H and O–H groups in total. The van der Waals surface area contributed by atoms with E-state index < -0.39 is 6.10 Å². The number of aliphatic imine (C=N–C) groups is 1. The van der Waals surface area contributed by atoms with Crippen LogP contribution in [0.3, 0.4) is 0 Å². The van der Waals surface area contributed by atoms with E-state index in [1.165, 1.54) is 16.9 Å². The van der Waals surface area contributed by atoms with Gasteiger partial charge in [0.15, 0.2) is 5.96 Å². The largest absolute Gasteiger partial charge is 0.386 e. The molecule has 2 aromatic heterocycles. The highest BCUT2D eigenvalue weighted by atomic mass is 35.5. The van der Waals surface area contributed by atoms with Gasteiger partial charge in [-0.1, -0.05) is 35.9 Å². The first kappa shape index (κ1) is 20.4. The van der Waals surface area contributed by atoms with Crippen molar-refractivity contribution in [2.75, 3.05) is 13.1 Å². The minimum absolute atomic E-state index is 0.364. The van der Waals surface area contributed by atoms with Crippen molar-refractivity contribution >= 4 is 28.9 Å². The molecule has 3 rings (SSSR count). The second-order valence-electron chi connectivity index (χ2n) is 6.29. The number of imidazole rings is 1. The van der Waals surface area contributed by atoms with Crippen LogP contribution < -0.4 is 10.6 Å². The summed E-state index contributed by atoms with van der Waals surface area (Å²) in [6.07, 6.45) is 4.91. The Morgan fingerprint density at radius 2 is 2.14 bits per heavy atom. The number of thiophene rings is 1. The van der Waals surface area contributed by atoms with Crippen molar-refractivity contribution in [3.05, 3.63) is 75.5 Å². The molecule has 0 aliphatic heterocycles. The number of hydrogen-bond donors (Lipinski definition) is 3. The number of benzene rings is 1. The second kappa shape index (κ2) is 10.3. The number of aromatic nitrogens is 2. The number of rotatable bonds is 8. The van der Waals surface area contributed by atoms with Gasteiger partial charge in [-0.2, -0.15) is 0 Å². The van der Waals surface area contributed by atoms with E-state index in [2.05, 4.69) is 38.8 Å². The maximum Gasteiger partial charge on any atom is 0.191 e. The Morgan fingerprint density at radius 1 is 1.29 bits per heavy atom. The van der Waals surface area contributed by atoms with Crippen LogP contribution in [0.1, 0.15) is 29.0 Å². The summed E-state index contributed by atoms with van der Waals surface area (Å²) in [7, 11) is 0. The number of hydrogen-bond acceptors (Lipinski definition) is 4. The number of halogens is 1. The molecule has 0 saturated heterocycles. The lowest BCUT2D eigenvalue weighted by atomic mass is 10.1. The quantitative estimate of drug-likeness (QED) is 0.387. The Bertz CT molecular complexity index is 894. The van der Waals surface area contributed by atoms with Gasteiger partial charge in [0, 0.05) is 36.9 Å². The molecule has 0 saturated carbocycles. The van der Waals surface area contributed by atoms with Crippen LogP contribution in [0.15, 0.2) is 60.1 Å². The SMILES string of the molecule is CCNC(=NCc1cccc(Cn2ccnc2)c1)NCC(O)c1ccc(Cl)s1. The Labute approximate surface area is 173 Å². The zero-order valence-electron chi connectivity index (χ0n) is 15.7. The van der Waals surface area contributed by atoms with E-state index in [0.29, 0.717) is 23.4 Å². The van der Waals surface area contributed by atoms with Crippen molar-refractivity contribution in [1.82, 2.24) is 20.2 Å². The van der Waals surface area contributed by atoms with Gasteiger partial charge in [-0.05, 0) is 30.2 Å². The third-order valence-electron chi connectivity index (χ3n) is 4.06. The molecule has 148 valence electrons. The van der Waals surface area contributed by atoms with Gasteiger partial charge in [0.2, 0.25) is 0 Å². The molecule has 28 heavy (non-hydrogen) atoms. The summed E-state index contributed by atoms with van der Waals surface area (Å²) in [5, 5.41) is 16.7. The van der Waals surface area contributed by atoms with E-state index in [4.69, 9.17) is 11.6 Å². The maximum absolute atomic E-state index is 10.3.